The van der Waals surface area contributed by atoms with Crippen molar-refractivity contribution < 1.29 is 14.6 Å². The Bertz CT molecular complexity index is 502. The van der Waals surface area contributed by atoms with Crippen molar-refractivity contribution in [3.05, 3.63) is 27.2 Å². The molecule has 0 unspecified atom stereocenters. The molecule has 5 nitrogen and oxygen atoms in total. The average molecular weight is 239 g/mol. The fraction of sp³-hybridized carbons (Fsp3) is 0.500. The van der Waals surface area contributed by atoms with Crippen molar-refractivity contribution in [3.63, 3.8) is 0 Å². The van der Waals surface area contributed by atoms with Gasteiger partial charge in [-0.25, -0.2) is 4.79 Å². The maximum absolute atomic E-state index is 12.0. The van der Waals surface area contributed by atoms with Crippen molar-refractivity contribution in [3.8, 4) is 5.75 Å². The molecule has 0 radical (unpaired) electrons. The van der Waals surface area contributed by atoms with Crippen LogP contribution in [0.5, 0.6) is 5.75 Å². The standard InChI is InChI=1S/C12H17NO4/c1-5-6-8-9(12(15)16)10(14)11(17-4)7(2)13(8)3/h5-6H2,1-4H3,(H,15,16). The van der Waals surface area contributed by atoms with Crippen LogP contribution in [0, 0.1) is 6.92 Å². The minimum Gasteiger partial charge on any atom is -0.491 e. The number of pyridine rings is 1. The van der Waals surface area contributed by atoms with Gasteiger partial charge in [0.15, 0.2) is 5.75 Å². The fourth-order valence-corrected chi connectivity index (χ4v) is 1.92. The number of nitrogens with zero attached hydrogens (tertiary/aromatic N) is 1. The lowest BCUT2D eigenvalue weighted by atomic mass is 10.1. The molecule has 0 saturated carbocycles. The lowest BCUT2D eigenvalue weighted by Crippen LogP contribution is -2.25. The Labute approximate surface area is 99.6 Å². The van der Waals surface area contributed by atoms with E-state index in [4.69, 9.17) is 9.84 Å². The molecule has 5 heteroatoms. The Morgan fingerprint density at radius 3 is 2.47 bits per heavy atom. The van der Waals surface area contributed by atoms with Gasteiger partial charge in [-0.15, -0.1) is 0 Å². The van der Waals surface area contributed by atoms with Crippen molar-refractivity contribution in [2.45, 2.75) is 26.7 Å². The van der Waals surface area contributed by atoms with Crippen LogP contribution in [-0.2, 0) is 13.5 Å². The highest BCUT2D eigenvalue weighted by molar-refractivity contribution is 5.89. The smallest absolute Gasteiger partial charge is 0.341 e. The molecule has 1 N–H and O–H groups in total. The van der Waals surface area contributed by atoms with Crippen LogP contribution < -0.4 is 10.2 Å². The number of aromatic carboxylic acids is 1. The predicted octanol–water partition coefficient (Wildman–Crippen LogP) is 1.35. The molecule has 1 heterocycles. The van der Waals surface area contributed by atoms with Crippen molar-refractivity contribution in [1.82, 2.24) is 4.57 Å². The quantitative estimate of drug-likeness (QED) is 0.861. The van der Waals surface area contributed by atoms with Gasteiger partial charge in [-0.05, 0) is 13.3 Å². The van der Waals surface area contributed by atoms with Crippen LogP contribution in [0.25, 0.3) is 0 Å². The van der Waals surface area contributed by atoms with Gasteiger partial charge in [-0.1, -0.05) is 13.3 Å². The normalized spacial score (nSPS) is 10.4. The number of rotatable bonds is 4. The molecular formula is C12H17NO4. The molecule has 1 rings (SSSR count). The second kappa shape index (κ2) is 5.03. The molecule has 0 saturated heterocycles. The Balaban J connectivity index is 3.71. The van der Waals surface area contributed by atoms with Crippen LogP contribution in [0.4, 0.5) is 0 Å². The summed E-state index contributed by atoms with van der Waals surface area (Å²) in [6.07, 6.45) is 1.33. The first-order valence-corrected chi connectivity index (χ1v) is 5.45. The zero-order valence-corrected chi connectivity index (χ0v) is 10.5. The molecule has 1 aromatic heterocycles. The van der Waals surface area contributed by atoms with Gasteiger partial charge in [0.1, 0.15) is 5.56 Å². The molecule has 0 spiro atoms. The summed E-state index contributed by atoms with van der Waals surface area (Å²) < 4.78 is 6.70. The first kappa shape index (κ1) is 13.3. The van der Waals surface area contributed by atoms with Crippen molar-refractivity contribution in [2.24, 2.45) is 7.05 Å². The summed E-state index contributed by atoms with van der Waals surface area (Å²) in [5.41, 5.74) is 0.463. The molecule has 1 aromatic rings. The number of ether oxygens (including phenoxy) is 1. The third-order valence-electron chi connectivity index (χ3n) is 2.86. The van der Waals surface area contributed by atoms with Crippen LogP contribution >= 0.6 is 0 Å². The number of carboxylic acids is 1. The molecule has 0 aliphatic carbocycles. The van der Waals surface area contributed by atoms with Crippen LogP contribution in [0.3, 0.4) is 0 Å². The molecular weight excluding hydrogens is 222 g/mol. The maximum Gasteiger partial charge on any atom is 0.341 e. The van der Waals surface area contributed by atoms with E-state index in [1.54, 1.807) is 18.5 Å². The molecule has 0 aliphatic heterocycles. The number of hydrogen-bond donors (Lipinski definition) is 1. The highest BCUT2D eigenvalue weighted by Crippen LogP contribution is 2.18. The number of methoxy groups -OCH3 is 1. The van der Waals surface area contributed by atoms with Gasteiger partial charge in [-0.3, -0.25) is 4.79 Å². The highest BCUT2D eigenvalue weighted by atomic mass is 16.5. The van der Waals surface area contributed by atoms with E-state index >= 15 is 0 Å². The highest BCUT2D eigenvalue weighted by Gasteiger charge is 2.22. The first-order valence-electron chi connectivity index (χ1n) is 5.45. The summed E-state index contributed by atoms with van der Waals surface area (Å²) in [6, 6.07) is 0. The number of carbonyl (C=O) groups is 1. The Morgan fingerprint density at radius 2 is 2.06 bits per heavy atom. The van der Waals surface area contributed by atoms with Crippen LogP contribution in [-0.4, -0.2) is 22.8 Å². The summed E-state index contributed by atoms with van der Waals surface area (Å²) in [4.78, 5) is 23.2. The van der Waals surface area contributed by atoms with Crippen molar-refractivity contribution in [1.29, 1.82) is 0 Å². The molecule has 0 atom stereocenters. The lowest BCUT2D eigenvalue weighted by molar-refractivity contribution is 0.0692. The monoisotopic (exact) mass is 239 g/mol. The van der Waals surface area contributed by atoms with Gasteiger partial charge in [-0.2, -0.15) is 0 Å². The van der Waals surface area contributed by atoms with Gasteiger partial charge in [0.2, 0.25) is 5.43 Å². The van der Waals surface area contributed by atoms with Gasteiger partial charge < -0.3 is 14.4 Å². The van der Waals surface area contributed by atoms with E-state index in [0.717, 1.165) is 6.42 Å². The molecule has 0 aromatic carbocycles. The molecule has 17 heavy (non-hydrogen) atoms. The first-order chi connectivity index (χ1) is 7.95. The fourth-order valence-electron chi connectivity index (χ4n) is 1.92. The summed E-state index contributed by atoms with van der Waals surface area (Å²) in [7, 11) is 3.11. The zero-order valence-electron chi connectivity index (χ0n) is 10.5. The summed E-state index contributed by atoms with van der Waals surface area (Å²) in [6.45, 7) is 3.68. The molecule has 94 valence electrons. The third kappa shape index (κ3) is 2.18. The summed E-state index contributed by atoms with van der Waals surface area (Å²) >= 11 is 0. The second-order valence-electron chi connectivity index (χ2n) is 3.88. The molecule has 0 bridgehead atoms. The maximum atomic E-state index is 12.0. The second-order valence-corrected chi connectivity index (χ2v) is 3.88. The van der Waals surface area contributed by atoms with Gasteiger partial charge >= 0.3 is 5.97 Å². The Morgan fingerprint density at radius 1 is 1.47 bits per heavy atom. The van der Waals surface area contributed by atoms with Gasteiger partial charge in [0.05, 0.1) is 12.8 Å². The van der Waals surface area contributed by atoms with E-state index in [2.05, 4.69) is 0 Å². The van der Waals surface area contributed by atoms with E-state index in [9.17, 15) is 9.59 Å². The molecule has 0 aliphatic rings. The topological polar surface area (TPSA) is 68.5 Å². The van der Waals surface area contributed by atoms with E-state index in [-0.39, 0.29) is 11.3 Å². The molecule has 0 amide bonds. The predicted molar refractivity (Wildman–Crippen MR) is 63.9 cm³/mol. The Kier molecular flexibility index (Phi) is 3.93. The number of hydrogen-bond acceptors (Lipinski definition) is 3. The SMILES string of the molecule is CCCc1c(C(=O)O)c(=O)c(OC)c(C)n1C. The number of aromatic nitrogens is 1. The van der Waals surface area contributed by atoms with E-state index < -0.39 is 11.4 Å². The zero-order chi connectivity index (χ0) is 13.2. The van der Waals surface area contributed by atoms with Gasteiger partial charge in [0, 0.05) is 12.7 Å². The minimum atomic E-state index is -1.20. The van der Waals surface area contributed by atoms with E-state index in [1.807, 2.05) is 6.92 Å². The molecule has 0 fully saturated rings. The Hall–Kier alpha value is -1.78. The third-order valence-corrected chi connectivity index (χ3v) is 2.86. The van der Waals surface area contributed by atoms with Gasteiger partial charge in [0.25, 0.3) is 0 Å². The summed E-state index contributed by atoms with van der Waals surface area (Å²) in [5, 5.41) is 9.14. The van der Waals surface area contributed by atoms with Crippen LogP contribution in [0.1, 0.15) is 35.1 Å². The van der Waals surface area contributed by atoms with Crippen molar-refractivity contribution in [2.75, 3.05) is 7.11 Å². The van der Waals surface area contributed by atoms with Crippen molar-refractivity contribution >= 4 is 5.97 Å². The van der Waals surface area contributed by atoms with E-state index in [0.29, 0.717) is 17.8 Å². The largest absolute Gasteiger partial charge is 0.491 e. The van der Waals surface area contributed by atoms with Crippen LogP contribution in [0.15, 0.2) is 4.79 Å². The lowest BCUT2D eigenvalue weighted by Gasteiger charge is -2.17. The average Bonchev–Trinajstić information content (AvgIpc) is 2.26. The summed E-state index contributed by atoms with van der Waals surface area (Å²) in [5.74, 6) is -1.10. The van der Waals surface area contributed by atoms with Crippen LogP contribution in [0.2, 0.25) is 0 Å². The number of carboxylic acid groups (broad SMARTS) is 1. The minimum absolute atomic E-state index is 0.102. The van der Waals surface area contributed by atoms with E-state index in [1.165, 1.54) is 7.11 Å².